The molecule has 6 heteroatoms. The van der Waals surface area contributed by atoms with Crippen molar-refractivity contribution in [2.75, 3.05) is 26.2 Å². The standard InChI is InChI=1S/C16H29N3O3/c1-12(2)17-10-6-13(7-11-17)18-8-5-9-19(15(18)22)16(3,4)14(20)21/h12-13H,5-11H2,1-4H3,(H,20,21). The molecule has 0 radical (unpaired) electrons. The largest absolute Gasteiger partial charge is 0.480 e. The van der Waals surface area contributed by atoms with Crippen LogP contribution < -0.4 is 0 Å². The average Bonchev–Trinajstić information content (AvgIpc) is 2.47. The van der Waals surface area contributed by atoms with Crippen LogP contribution in [0.25, 0.3) is 0 Å². The normalized spacial score (nSPS) is 22.5. The molecule has 0 spiro atoms. The molecular formula is C16H29N3O3. The second kappa shape index (κ2) is 6.44. The van der Waals surface area contributed by atoms with Crippen LogP contribution >= 0.6 is 0 Å². The van der Waals surface area contributed by atoms with E-state index in [-0.39, 0.29) is 12.1 Å². The molecule has 1 N–H and O–H groups in total. The Morgan fingerprint density at radius 3 is 2.27 bits per heavy atom. The first-order valence-corrected chi connectivity index (χ1v) is 8.31. The quantitative estimate of drug-likeness (QED) is 0.860. The van der Waals surface area contributed by atoms with Gasteiger partial charge in [0.2, 0.25) is 0 Å². The predicted molar refractivity (Wildman–Crippen MR) is 84.9 cm³/mol. The van der Waals surface area contributed by atoms with Gasteiger partial charge in [-0.2, -0.15) is 0 Å². The lowest BCUT2D eigenvalue weighted by Gasteiger charge is -2.47. The molecule has 2 aliphatic rings. The zero-order chi connectivity index (χ0) is 16.5. The van der Waals surface area contributed by atoms with Gasteiger partial charge in [0.1, 0.15) is 5.54 Å². The molecule has 2 aliphatic heterocycles. The van der Waals surface area contributed by atoms with Gasteiger partial charge in [-0.05, 0) is 47.0 Å². The topological polar surface area (TPSA) is 64.1 Å². The minimum Gasteiger partial charge on any atom is -0.480 e. The van der Waals surface area contributed by atoms with E-state index in [2.05, 4.69) is 18.7 Å². The van der Waals surface area contributed by atoms with Gasteiger partial charge in [-0.15, -0.1) is 0 Å². The molecule has 0 aromatic rings. The van der Waals surface area contributed by atoms with Gasteiger partial charge in [0.05, 0.1) is 0 Å². The molecular weight excluding hydrogens is 282 g/mol. The number of aliphatic carboxylic acids is 1. The molecule has 2 saturated heterocycles. The van der Waals surface area contributed by atoms with Crippen molar-refractivity contribution in [1.29, 1.82) is 0 Å². The Morgan fingerprint density at radius 1 is 1.18 bits per heavy atom. The van der Waals surface area contributed by atoms with Gasteiger partial charge in [0.15, 0.2) is 0 Å². The molecule has 0 saturated carbocycles. The number of hydrogen-bond donors (Lipinski definition) is 1. The van der Waals surface area contributed by atoms with E-state index in [1.807, 2.05) is 4.90 Å². The van der Waals surface area contributed by atoms with E-state index in [1.165, 1.54) is 4.90 Å². The van der Waals surface area contributed by atoms with Gasteiger partial charge in [0.25, 0.3) is 0 Å². The van der Waals surface area contributed by atoms with Crippen LogP contribution in [0.5, 0.6) is 0 Å². The van der Waals surface area contributed by atoms with Crippen LogP contribution in [0.4, 0.5) is 4.79 Å². The van der Waals surface area contributed by atoms with Crippen LogP contribution in [0.15, 0.2) is 0 Å². The zero-order valence-corrected chi connectivity index (χ0v) is 14.2. The van der Waals surface area contributed by atoms with Gasteiger partial charge in [-0.25, -0.2) is 9.59 Å². The molecule has 0 bridgehead atoms. The monoisotopic (exact) mass is 311 g/mol. The Labute approximate surface area is 133 Å². The SMILES string of the molecule is CC(C)N1CCC(N2CCCN(C(C)(C)C(=O)O)C2=O)CC1. The molecule has 0 aromatic heterocycles. The maximum absolute atomic E-state index is 12.8. The lowest BCUT2D eigenvalue weighted by molar-refractivity contribution is -0.148. The Kier molecular flexibility index (Phi) is 5.00. The van der Waals surface area contributed by atoms with Gasteiger partial charge in [0, 0.05) is 38.3 Å². The molecule has 2 fully saturated rings. The lowest BCUT2D eigenvalue weighted by atomic mass is 9.98. The summed E-state index contributed by atoms with van der Waals surface area (Å²) >= 11 is 0. The molecule has 0 atom stereocenters. The second-order valence-corrected chi connectivity index (χ2v) is 7.21. The van der Waals surface area contributed by atoms with Crippen molar-refractivity contribution >= 4 is 12.0 Å². The number of rotatable bonds is 4. The molecule has 0 unspecified atom stereocenters. The summed E-state index contributed by atoms with van der Waals surface area (Å²) in [6, 6.07) is 0.678. The molecule has 22 heavy (non-hydrogen) atoms. The van der Waals surface area contributed by atoms with E-state index in [9.17, 15) is 14.7 Å². The first-order chi connectivity index (χ1) is 10.2. The Balaban J connectivity index is 2.04. The van der Waals surface area contributed by atoms with Crippen LogP contribution in [0.2, 0.25) is 0 Å². The van der Waals surface area contributed by atoms with E-state index in [4.69, 9.17) is 0 Å². The van der Waals surface area contributed by atoms with E-state index in [1.54, 1.807) is 13.8 Å². The highest BCUT2D eigenvalue weighted by Crippen LogP contribution is 2.26. The van der Waals surface area contributed by atoms with E-state index in [0.717, 1.165) is 38.9 Å². The summed E-state index contributed by atoms with van der Waals surface area (Å²) in [6.07, 6.45) is 2.80. The third-order valence-corrected chi connectivity index (χ3v) is 5.13. The van der Waals surface area contributed by atoms with Gasteiger partial charge in [-0.3, -0.25) is 0 Å². The highest BCUT2D eigenvalue weighted by Gasteiger charge is 2.43. The molecule has 126 valence electrons. The van der Waals surface area contributed by atoms with E-state index >= 15 is 0 Å². The van der Waals surface area contributed by atoms with Crippen molar-refractivity contribution < 1.29 is 14.7 Å². The zero-order valence-electron chi connectivity index (χ0n) is 14.2. The predicted octanol–water partition coefficient (Wildman–Crippen LogP) is 1.85. The number of amides is 2. The lowest BCUT2D eigenvalue weighted by Crippen LogP contribution is -2.63. The Hall–Kier alpha value is -1.30. The number of carboxylic acid groups (broad SMARTS) is 1. The summed E-state index contributed by atoms with van der Waals surface area (Å²) in [4.78, 5) is 30.1. The van der Waals surface area contributed by atoms with Crippen LogP contribution in [0.1, 0.15) is 47.0 Å². The van der Waals surface area contributed by atoms with Crippen molar-refractivity contribution in [3.63, 3.8) is 0 Å². The Morgan fingerprint density at radius 2 is 1.77 bits per heavy atom. The van der Waals surface area contributed by atoms with Crippen molar-refractivity contribution in [2.45, 2.75) is 64.6 Å². The van der Waals surface area contributed by atoms with Crippen molar-refractivity contribution in [3.8, 4) is 0 Å². The number of hydrogen-bond acceptors (Lipinski definition) is 3. The molecule has 6 nitrogen and oxygen atoms in total. The summed E-state index contributed by atoms with van der Waals surface area (Å²) in [7, 11) is 0. The molecule has 0 aromatic carbocycles. The van der Waals surface area contributed by atoms with E-state index in [0.29, 0.717) is 12.6 Å². The fourth-order valence-corrected chi connectivity index (χ4v) is 3.43. The smallest absolute Gasteiger partial charge is 0.329 e. The maximum Gasteiger partial charge on any atom is 0.329 e. The summed E-state index contributed by atoms with van der Waals surface area (Å²) < 4.78 is 0. The number of urea groups is 1. The third kappa shape index (κ3) is 3.21. The van der Waals surface area contributed by atoms with Crippen molar-refractivity contribution in [2.24, 2.45) is 0 Å². The van der Waals surface area contributed by atoms with Crippen molar-refractivity contribution in [1.82, 2.24) is 14.7 Å². The molecule has 2 amide bonds. The number of nitrogens with zero attached hydrogens (tertiary/aromatic N) is 3. The van der Waals surface area contributed by atoms with Crippen LogP contribution in [-0.4, -0.2) is 75.6 Å². The first-order valence-electron chi connectivity index (χ1n) is 8.31. The highest BCUT2D eigenvalue weighted by molar-refractivity contribution is 5.86. The van der Waals surface area contributed by atoms with Crippen molar-refractivity contribution in [3.05, 3.63) is 0 Å². The fourth-order valence-electron chi connectivity index (χ4n) is 3.43. The van der Waals surface area contributed by atoms with Crippen LogP contribution in [0.3, 0.4) is 0 Å². The number of likely N-dealkylation sites (tertiary alicyclic amines) is 1. The van der Waals surface area contributed by atoms with Gasteiger partial charge < -0.3 is 19.8 Å². The number of carboxylic acids is 1. The molecule has 2 rings (SSSR count). The van der Waals surface area contributed by atoms with Gasteiger partial charge in [-0.1, -0.05) is 0 Å². The van der Waals surface area contributed by atoms with E-state index < -0.39 is 11.5 Å². The second-order valence-electron chi connectivity index (χ2n) is 7.21. The first kappa shape index (κ1) is 17.1. The average molecular weight is 311 g/mol. The minimum absolute atomic E-state index is 0.110. The summed E-state index contributed by atoms with van der Waals surface area (Å²) in [5.41, 5.74) is -1.14. The minimum atomic E-state index is -1.14. The third-order valence-electron chi connectivity index (χ3n) is 5.13. The Bertz CT molecular complexity index is 428. The molecule has 0 aliphatic carbocycles. The fraction of sp³-hybridized carbons (Fsp3) is 0.875. The summed E-state index contributed by atoms with van der Waals surface area (Å²) in [5.74, 6) is -0.947. The highest BCUT2D eigenvalue weighted by atomic mass is 16.4. The number of carbonyl (C=O) groups excluding carboxylic acids is 1. The number of piperidine rings is 1. The number of carbonyl (C=O) groups is 2. The maximum atomic E-state index is 12.8. The van der Waals surface area contributed by atoms with Crippen LogP contribution in [-0.2, 0) is 4.79 Å². The molecule has 2 heterocycles. The summed E-state index contributed by atoms with van der Waals surface area (Å²) in [6.45, 7) is 10.9. The summed E-state index contributed by atoms with van der Waals surface area (Å²) in [5, 5.41) is 9.38. The van der Waals surface area contributed by atoms with Crippen LogP contribution in [0, 0.1) is 0 Å². The van der Waals surface area contributed by atoms with Gasteiger partial charge >= 0.3 is 12.0 Å².